The highest BCUT2D eigenvalue weighted by Gasteiger charge is 2.36. The smallest absolute Gasteiger partial charge is 0.433 e. The van der Waals surface area contributed by atoms with Gasteiger partial charge in [-0.25, -0.2) is 9.97 Å². The molecule has 0 aromatic carbocycles. The van der Waals surface area contributed by atoms with Gasteiger partial charge in [0.25, 0.3) is 5.91 Å². The Labute approximate surface area is 147 Å². The normalized spacial score (nSPS) is 14.7. The maximum atomic E-state index is 12.7. The van der Waals surface area contributed by atoms with Crippen LogP contribution in [0.4, 0.5) is 13.2 Å². The molecule has 0 bridgehead atoms. The molecule has 1 aliphatic rings. The maximum absolute atomic E-state index is 12.7. The van der Waals surface area contributed by atoms with Gasteiger partial charge in [-0.15, -0.1) is 0 Å². The predicted molar refractivity (Wildman–Crippen MR) is 85.0 cm³/mol. The van der Waals surface area contributed by atoms with Crippen molar-refractivity contribution in [2.45, 2.75) is 19.2 Å². The Morgan fingerprint density at radius 3 is 2.73 bits per heavy atom. The number of aromatic nitrogens is 2. The van der Waals surface area contributed by atoms with Crippen molar-refractivity contribution in [3.63, 3.8) is 0 Å². The van der Waals surface area contributed by atoms with Crippen LogP contribution in [0.25, 0.3) is 0 Å². The van der Waals surface area contributed by atoms with Crippen LogP contribution in [0.1, 0.15) is 23.0 Å². The molecule has 3 rings (SSSR count). The Balaban J connectivity index is 1.60. The third-order valence-electron chi connectivity index (χ3n) is 3.72. The first-order valence-corrected chi connectivity index (χ1v) is 7.96. The number of hydrogen-bond acceptors (Lipinski definition) is 5. The van der Waals surface area contributed by atoms with Gasteiger partial charge in [0.1, 0.15) is 17.4 Å². The van der Waals surface area contributed by atoms with E-state index in [9.17, 15) is 18.0 Å². The standard InChI is InChI=1S/C17H16F3N3O3/c1-2-25-15-12(5-4-8-21-15)16(24)23-9-11(10-23)26-14-7-3-6-13(22-14)17(18,19)20/h3-8,11H,2,9-10H2,1H3. The van der Waals surface area contributed by atoms with Gasteiger partial charge in [0, 0.05) is 12.3 Å². The number of carbonyl (C=O) groups is 1. The lowest BCUT2D eigenvalue weighted by Gasteiger charge is -2.38. The number of rotatable bonds is 5. The molecule has 1 amide bonds. The summed E-state index contributed by atoms with van der Waals surface area (Å²) in [7, 11) is 0. The van der Waals surface area contributed by atoms with Crippen LogP contribution in [0.15, 0.2) is 36.5 Å². The summed E-state index contributed by atoms with van der Waals surface area (Å²) in [5.41, 5.74) is -0.677. The molecule has 6 nitrogen and oxygen atoms in total. The van der Waals surface area contributed by atoms with Crippen LogP contribution in [0, 0.1) is 0 Å². The van der Waals surface area contributed by atoms with E-state index in [-0.39, 0.29) is 30.8 Å². The van der Waals surface area contributed by atoms with Crippen molar-refractivity contribution in [3.8, 4) is 11.8 Å². The van der Waals surface area contributed by atoms with E-state index < -0.39 is 18.0 Å². The third kappa shape index (κ3) is 3.87. The number of ether oxygens (including phenoxy) is 2. The van der Waals surface area contributed by atoms with E-state index in [1.807, 2.05) is 0 Å². The molecule has 0 radical (unpaired) electrons. The number of carbonyl (C=O) groups excluding carboxylic acids is 1. The first-order chi connectivity index (χ1) is 12.4. The minimum Gasteiger partial charge on any atom is -0.477 e. The fourth-order valence-corrected chi connectivity index (χ4v) is 2.46. The van der Waals surface area contributed by atoms with Crippen molar-refractivity contribution < 1.29 is 27.4 Å². The molecule has 26 heavy (non-hydrogen) atoms. The number of nitrogens with zero attached hydrogens (tertiary/aromatic N) is 3. The first-order valence-electron chi connectivity index (χ1n) is 7.96. The molecule has 0 saturated carbocycles. The molecule has 3 heterocycles. The number of alkyl halides is 3. The van der Waals surface area contributed by atoms with Crippen molar-refractivity contribution >= 4 is 5.91 Å². The number of hydrogen-bond donors (Lipinski definition) is 0. The predicted octanol–water partition coefficient (Wildman–Crippen LogP) is 2.80. The molecule has 2 aromatic rings. The van der Waals surface area contributed by atoms with Crippen molar-refractivity contribution in [2.75, 3.05) is 19.7 Å². The SMILES string of the molecule is CCOc1ncccc1C(=O)N1CC(Oc2cccc(C(F)(F)F)n2)C1. The Hall–Kier alpha value is -2.84. The van der Waals surface area contributed by atoms with Crippen LogP contribution in [0.3, 0.4) is 0 Å². The molecule has 1 saturated heterocycles. The highest BCUT2D eigenvalue weighted by Crippen LogP contribution is 2.29. The lowest BCUT2D eigenvalue weighted by molar-refractivity contribution is -0.141. The Morgan fingerprint density at radius 2 is 2.04 bits per heavy atom. The van der Waals surface area contributed by atoms with E-state index in [0.717, 1.165) is 6.07 Å². The third-order valence-corrected chi connectivity index (χ3v) is 3.72. The maximum Gasteiger partial charge on any atom is 0.433 e. The average Bonchev–Trinajstić information content (AvgIpc) is 2.57. The van der Waals surface area contributed by atoms with Crippen LogP contribution in [-0.2, 0) is 6.18 Å². The monoisotopic (exact) mass is 367 g/mol. The van der Waals surface area contributed by atoms with Crippen LogP contribution >= 0.6 is 0 Å². The number of pyridine rings is 2. The summed E-state index contributed by atoms with van der Waals surface area (Å²) in [6.45, 7) is 2.66. The second kappa shape index (κ2) is 7.19. The van der Waals surface area contributed by atoms with Gasteiger partial charge in [-0.3, -0.25) is 4.79 Å². The number of halogens is 3. The van der Waals surface area contributed by atoms with Gasteiger partial charge in [-0.05, 0) is 25.1 Å². The highest BCUT2D eigenvalue weighted by atomic mass is 19.4. The second-order valence-electron chi connectivity index (χ2n) is 5.60. The number of likely N-dealkylation sites (tertiary alicyclic amines) is 1. The minimum absolute atomic E-state index is 0.117. The van der Waals surface area contributed by atoms with E-state index in [0.29, 0.717) is 12.2 Å². The van der Waals surface area contributed by atoms with Gasteiger partial charge in [0.05, 0.1) is 19.7 Å². The van der Waals surface area contributed by atoms with E-state index >= 15 is 0 Å². The topological polar surface area (TPSA) is 64.5 Å². The average molecular weight is 367 g/mol. The summed E-state index contributed by atoms with van der Waals surface area (Å²) in [6.07, 6.45) is -3.41. The van der Waals surface area contributed by atoms with E-state index in [1.54, 1.807) is 19.1 Å². The number of amides is 1. The molecule has 138 valence electrons. The molecule has 1 fully saturated rings. The largest absolute Gasteiger partial charge is 0.477 e. The molecule has 0 aliphatic carbocycles. The second-order valence-corrected chi connectivity index (χ2v) is 5.60. The summed E-state index contributed by atoms with van der Waals surface area (Å²) < 4.78 is 48.8. The Bertz CT molecular complexity index is 792. The molecular weight excluding hydrogens is 351 g/mol. The fraction of sp³-hybridized carbons (Fsp3) is 0.353. The van der Waals surface area contributed by atoms with Crippen molar-refractivity contribution in [1.29, 1.82) is 0 Å². The van der Waals surface area contributed by atoms with Crippen LogP contribution in [-0.4, -0.2) is 46.6 Å². The van der Waals surface area contributed by atoms with Crippen molar-refractivity contribution in [2.24, 2.45) is 0 Å². The molecule has 2 aromatic heterocycles. The van der Waals surface area contributed by atoms with Crippen LogP contribution in [0.5, 0.6) is 11.8 Å². The van der Waals surface area contributed by atoms with Gasteiger partial charge in [0.2, 0.25) is 11.8 Å². The quantitative estimate of drug-likeness (QED) is 0.813. The van der Waals surface area contributed by atoms with Crippen LogP contribution in [0.2, 0.25) is 0 Å². The fourth-order valence-electron chi connectivity index (χ4n) is 2.46. The molecule has 0 unspecified atom stereocenters. The van der Waals surface area contributed by atoms with Gasteiger partial charge in [-0.2, -0.15) is 13.2 Å². The first kappa shape index (κ1) is 18.0. The van der Waals surface area contributed by atoms with E-state index in [2.05, 4.69) is 9.97 Å². The molecule has 0 atom stereocenters. The van der Waals surface area contributed by atoms with Gasteiger partial charge in [-0.1, -0.05) is 6.07 Å². The zero-order chi connectivity index (χ0) is 18.7. The van der Waals surface area contributed by atoms with Crippen LogP contribution < -0.4 is 9.47 Å². The molecular formula is C17H16F3N3O3. The highest BCUT2D eigenvalue weighted by molar-refractivity contribution is 5.96. The zero-order valence-electron chi connectivity index (χ0n) is 13.9. The summed E-state index contributed by atoms with van der Waals surface area (Å²) in [6, 6.07) is 6.71. The summed E-state index contributed by atoms with van der Waals surface area (Å²) in [5, 5.41) is 0. The zero-order valence-corrected chi connectivity index (χ0v) is 13.9. The summed E-state index contributed by atoms with van der Waals surface area (Å²) in [4.78, 5) is 21.5. The molecule has 9 heteroatoms. The lowest BCUT2D eigenvalue weighted by atomic mass is 10.1. The van der Waals surface area contributed by atoms with Crippen molar-refractivity contribution in [1.82, 2.24) is 14.9 Å². The Kier molecular flexibility index (Phi) is 4.97. The van der Waals surface area contributed by atoms with Crippen molar-refractivity contribution in [3.05, 3.63) is 47.8 Å². The van der Waals surface area contributed by atoms with Gasteiger partial charge < -0.3 is 14.4 Å². The van der Waals surface area contributed by atoms with Gasteiger partial charge >= 0.3 is 6.18 Å². The molecule has 0 N–H and O–H groups in total. The van der Waals surface area contributed by atoms with E-state index in [4.69, 9.17) is 9.47 Å². The van der Waals surface area contributed by atoms with E-state index in [1.165, 1.54) is 23.2 Å². The summed E-state index contributed by atoms with van der Waals surface area (Å²) in [5.74, 6) is -0.129. The lowest BCUT2D eigenvalue weighted by Crippen LogP contribution is -2.56. The van der Waals surface area contributed by atoms with Gasteiger partial charge in [0.15, 0.2) is 0 Å². The molecule has 1 aliphatic heterocycles. The minimum atomic E-state index is -4.53. The summed E-state index contributed by atoms with van der Waals surface area (Å²) >= 11 is 0. The Morgan fingerprint density at radius 1 is 1.27 bits per heavy atom. The molecule has 0 spiro atoms.